The minimum atomic E-state index is -4.30. The Balaban J connectivity index is 2.88. The molecule has 60 valence electrons. The van der Waals surface area contributed by atoms with Gasteiger partial charge in [-0.05, 0) is 12.2 Å². The molecule has 0 aromatic carbocycles. The average molecular weight is 161 g/mol. The minimum absolute atomic E-state index is 0.219. The standard InChI is InChI=1S/C7H6F3N/c8-7(9,10)5-2-1-3-6(11)4-5/h1,3H,4,11H2. The van der Waals surface area contributed by atoms with E-state index in [1.165, 1.54) is 12.2 Å². The molecule has 11 heavy (non-hydrogen) atoms. The van der Waals surface area contributed by atoms with Gasteiger partial charge in [0.05, 0.1) is 5.57 Å². The molecular formula is C7H6F3N. The number of rotatable bonds is 0. The number of allylic oxidation sites excluding steroid dienone is 2. The summed E-state index contributed by atoms with van der Waals surface area (Å²) in [6.45, 7) is 0. The fourth-order valence-corrected chi connectivity index (χ4v) is 0.745. The monoisotopic (exact) mass is 161 g/mol. The zero-order chi connectivity index (χ0) is 8.48. The molecule has 1 aliphatic rings. The molecule has 0 amide bonds. The second kappa shape index (κ2) is 2.47. The van der Waals surface area contributed by atoms with Gasteiger partial charge in [-0.2, -0.15) is 13.2 Å². The predicted octanol–water partition coefficient (Wildman–Crippen LogP) is 1.88. The number of halogens is 3. The molecule has 0 aromatic rings. The maximum atomic E-state index is 11.9. The quantitative estimate of drug-likeness (QED) is 0.539. The van der Waals surface area contributed by atoms with E-state index in [-0.39, 0.29) is 12.1 Å². The van der Waals surface area contributed by atoms with E-state index in [2.05, 4.69) is 5.73 Å². The molecule has 0 radical (unpaired) electrons. The van der Waals surface area contributed by atoms with Crippen LogP contribution in [0, 0.1) is 0 Å². The van der Waals surface area contributed by atoms with Gasteiger partial charge >= 0.3 is 6.18 Å². The van der Waals surface area contributed by atoms with Crippen molar-refractivity contribution in [1.82, 2.24) is 0 Å². The van der Waals surface area contributed by atoms with E-state index in [9.17, 15) is 13.2 Å². The van der Waals surface area contributed by atoms with Crippen LogP contribution in [0.15, 0.2) is 29.2 Å². The third-order valence-electron chi connectivity index (χ3n) is 1.28. The third kappa shape index (κ3) is 1.88. The molecule has 0 saturated heterocycles. The van der Waals surface area contributed by atoms with Crippen LogP contribution in [-0.4, -0.2) is 6.18 Å². The zero-order valence-electron chi connectivity index (χ0n) is 5.57. The lowest BCUT2D eigenvalue weighted by molar-refractivity contribution is -0.0930. The van der Waals surface area contributed by atoms with Crippen molar-refractivity contribution in [2.24, 2.45) is 5.73 Å². The van der Waals surface area contributed by atoms with E-state index in [0.29, 0.717) is 0 Å². The van der Waals surface area contributed by atoms with E-state index in [0.717, 1.165) is 0 Å². The van der Waals surface area contributed by atoms with Crippen molar-refractivity contribution in [3.8, 4) is 0 Å². The van der Waals surface area contributed by atoms with Gasteiger partial charge in [0.2, 0.25) is 0 Å². The number of alkyl halides is 3. The molecule has 2 N–H and O–H groups in total. The molecule has 0 atom stereocenters. The van der Waals surface area contributed by atoms with Gasteiger partial charge in [-0.25, -0.2) is 0 Å². The summed E-state index contributed by atoms with van der Waals surface area (Å²) >= 11 is 0. The van der Waals surface area contributed by atoms with Crippen LogP contribution in [-0.2, 0) is 0 Å². The first kappa shape index (κ1) is 7.95. The largest absolute Gasteiger partial charge is 0.420 e. The van der Waals surface area contributed by atoms with Gasteiger partial charge in [0.1, 0.15) is 0 Å². The van der Waals surface area contributed by atoms with E-state index in [1.54, 1.807) is 0 Å². The van der Waals surface area contributed by atoms with Gasteiger partial charge < -0.3 is 5.73 Å². The van der Waals surface area contributed by atoms with Crippen LogP contribution in [0.4, 0.5) is 13.2 Å². The van der Waals surface area contributed by atoms with Gasteiger partial charge in [-0.3, -0.25) is 0 Å². The van der Waals surface area contributed by atoms with Crippen molar-refractivity contribution in [1.29, 1.82) is 0 Å². The Labute approximate surface area is 61.7 Å². The lowest BCUT2D eigenvalue weighted by Gasteiger charge is -2.10. The Hall–Kier alpha value is -1.15. The van der Waals surface area contributed by atoms with Gasteiger partial charge in [0, 0.05) is 12.1 Å². The summed E-state index contributed by atoms with van der Waals surface area (Å²) in [5, 5.41) is 0. The van der Waals surface area contributed by atoms with E-state index in [4.69, 9.17) is 5.73 Å². The van der Waals surface area contributed by atoms with Crippen LogP contribution in [0.2, 0.25) is 0 Å². The lowest BCUT2D eigenvalue weighted by Crippen LogP contribution is -2.14. The Morgan fingerprint density at radius 2 is 2.09 bits per heavy atom. The van der Waals surface area contributed by atoms with Crippen molar-refractivity contribution in [2.75, 3.05) is 0 Å². The van der Waals surface area contributed by atoms with Crippen LogP contribution in [0.25, 0.3) is 0 Å². The third-order valence-corrected chi connectivity index (χ3v) is 1.28. The lowest BCUT2D eigenvalue weighted by atomic mass is 10.1. The summed E-state index contributed by atoms with van der Waals surface area (Å²) < 4.78 is 35.7. The SMILES string of the molecule is NC1=CC=C=C(C(F)(F)F)C1. The fourth-order valence-electron chi connectivity index (χ4n) is 0.745. The van der Waals surface area contributed by atoms with Crippen molar-refractivity contribution in [3.63, 3.8) is 0 Å². The maximum Gasteiger partial charge on any atom is 0.420 e. The normalized spacial score (nSPS) is 17.7. The second-order valence-electron chi connectivity index (χ2n) is 2.21. The van der Waals surface area contributed by atoms with Crippen LogP contribution >= 0.6 is 0 Å². The highest BCUT2D eigenvalue weighted by Crippen LogP contribution is 2.29. The molecule has 0 unspecified atom stereocenters. The summed E-state index contributed by atoms with van der Waals surface area (Å²) in [6, 6.07) is 0. The van der Waals surface area contributed by atoms with E-state index >= 15 is 0 Å². The number of nitrogens with two attached hydrogens (primary N) is 1. The number of hydrogen-bond donors (Lipinski definition) is 1. The molecule has 0 bridgehead atoms. The van der Waals surface area contributed by atoms with Gasteiger partial charge in [0.25, 0.3) is 0 Å². The molecular weight excluding hydrogens is 155 g/mol. The smallest absolute Gasteiger partial charge is 0.402 e. The molecule has 1 nitrogen and oxygen atoms in total. The summed E-state index contributed by atoms with van der Waals surface area (Å²) in [5.74, 6) is 0. The Bertz CT molecular complexity index is 253. The maximum absolute atomic E-state index is 11.9. The molecule has 1 rings (SSSR count). The van der Waals surface area contributed by atoms with Crippen molar-refractivity contribution < 1.29 is 13.2 Å². The van der Waals surface area contributed by atoms with Gasteiger partial charge in [-0.1, -0.05) is 0 Å². The van der Waals surface area contributed by atoms with Crippen molar-refractivity contribution in [3.05, 3.63) is 29.2 Å². The van der Waals surface area contributed by atoms with Gasteiger partial charge in [0.15, 0.2) is 0 Å². The predicted molar refractivity (Wildman–Crippen MR) is 34.5 cm³/mol. The van der Waals surface area contributed by atoms with Gasteiger partial charge in [-0.15, -0.1) is 5.73 Å². The average Bonchev–Trinajstić information content (AvgIpc) is 1.86. The van der Waals surface area contributed by atoms with Crippen LogP contribution in [0.5, 0.6) is 0 Å². The summed E-state index contributed by atoms with van der Waals surface area (Å²) in [6.07, 6.45) is -1.95. The molecule has 0 aromatic heterocycles. The number of hydrogen-bond acceptors (Lipinski definition) is 1. The molecule has 1 aliphatic carbocycles. The van der Waals surface area contributed by atoms with Crippen molar-refractivity contribution >= 4 is 0 Å². The Morgan fingerprint density at radius 3 is 2.45 bits per heavy atom. The molecule has 0 saturated carbocycles. The highest BCUT2D eigenvalue weighted by Gasteiger charge is 2.33. The highest BCUT2D eigenvalue weighted by atomic mass is 19.4. The van der Waals surface area contributed by atoms with E-state index < -0.39 is 11.7 Å². The summed E-state index contributed by atoms with van der Waals surface area (Å²) in [4.78, 5) is 0. The highest BCUT2D eigenvalue weighted by molar-refractivity contribution is 5.26. The first-order valence-corrected chi connectivity index (χ1v) is 2.97. The van der Waals surface area contributed by atoms with Crippen molar-refractivity contribution in [2.45, 2.75) is 12.6 Å². The molecule has 0 fully saturated rings. The van der Waals surface area contributed by atoms with E-state index in [1.807, 2.05) is 0 Å². The molecule has 0 heterocycles. The first-order valence-electron chi connectivity index (χ1n) is 2.97. The molecule has 0 aliphatic heterocycles. The Morgan fingerprint density at radius 1 is 1.45 bits per heavy atom. The summed E-state index contributed by atoms with van der Waals surface area (Å²) in [7, 11) is 0. The minimum Gasteiger partial charge on any atom is -0.402 e. The fraction of sp³-hybridized carbons (Fsp3) is 0.286. The van der Waals surface area contributed by atoms with Crippen LogP contribution in [0.3, 0.4) is 0 Å². The summed E-state index contributed by atoms with van der Waals surface area (Å²) in [5.41, 5.74) is 6.80. The zero-order valence-corrected chi connectivity index (χ0v) is 5.57. The molecule has 4 heteroatoms. The van der Waals surface area contributed by atoms with Crippen LogP contribution in [0.1, 0.15) is 6.42 Å². The topological polar surface area (TPSA) is 26.0 Å². The van der Waals surface area contributed by atoms with Crippen LogP contribution < -0.4 is 5.73 Å². The Kier molecular flexibility index (Phi) is 1.79. The first-order chi connectivity index (χ1) is 5.00. The second-order valence-corrected chi connectivity index (χ2v) is 2.21. The molecule has 0 spiro atoms.